The summed E-state index contributed by atoms with van der Waals surface area (Å²) in [6.45, 7) is 4.61. The highest BCUT2D eigenvalue weighted by Gasteiger charge is 2.21. The molecule has 1 aromatic carbocycles. The maximum Gasteiger partial charge on any atom is 0.308 e. The fraction of sp³-hybridized carbons (Fsp3) is 0.353. The lowest BCUT2D eigenvalue weighted by atomic mass is 10.1. The molecule has 1 fully saturated rings. The highest BCUT2D eigenvalue weighted by atomic mass is 16.5. The summed E-state index contributed by atoms with van der Waals surface area (Å²) in [4.78, 5) is 36.5. The van der Waals surface area contributed by atoms with Gasteiger partial charge in [-0.3, -0.25) is 14.4 Å². The molecule has 7 heteroatoms. The van der Waals surface area contributed by atoms with E-state index in [4.69, 9.17) is 9.47 Å². The minimum absolute atomic E-state index is 0.199. The monoisotopic (exact) mass is 332 g/mol. The van der Waals surface area contributed by atoms with Crippen LogP contribution in [0.15, 0.2) is 30.0 Å². The lowest BCUT2D eigenvalue weighted by Crippen LogP contribution is -2.44. The first-order chi connectivity index (χ1) is 11.5. The van der Waals surface area contributed by atoms with E-state index in [2.05, 4.69) is 5.32 Å². The van der Waals surface area contributed by atoms with Crippen molar-refractivity contribution >= 4 is 23.9 Å². The van der Waals surface area contributed by atoms with Crippen molar-refractivity contribution in [2.45, 2.75) is 13.8 Å². The van der Waals surface area contributed by atoms with Crippen LogP contribution in [0.2, 0.25) is 0 Å². The number of carbonyl (C=O) groups is 3. The molecule has 0 aromatic heterocycles. The third kappa shape index (κ3) is 5.20. The van der Waals surface area contributed by atoms with E-state index < -0.39 is 5.97 Å². The number of nitrogens with zero attached hydrogens (tertiary/aromatic N) is 1. The van der Waals surface area contributed by atoms with Crippen molar-refractivity contribution in [1.82, 2.24) is 10.2 Å². The van der Waals surface area contributed by atoms with Crippen LogP contribution in [0.25, 0.3) is 6.08 Å². The maximum atomic E-state index is 12.6. The zero-order chi connectivity index (χ0) is 17.5. The summed E-state index contributed by atoms with van der Waals surface area (Å²) in [7, 11) is 0. The number of hydrogen-bond acceptors (Lipinski definition) is 5. The second-order valence-electron chi connectivity index (χ2n) is 5.31. The Kier molecular flexibility index (Phi) is 6.08. The molecule has 0 radical (unpaired) electrons. The first-order valence-corrected chi connectivity index (χ1v) is 7.60. The van der Waals surface area contributed by atoms with E-state index in [1.54, 1.807) is 35.2 Å². The molecule has 0 bridgehead atoms. The summed E-state index contributed by atoms with van der Waals surface area (Å²) < 4.78 is 10.2. The molecule has 7 nitrogen and oxygen atoms in total. The smallest absolute Gasteiger partial charge is 0.308 e. The Morgan fingerprint density at radius 3 is 2.29 bits per heavy atom. The van der Waals surface area contributed by atoms with Crippen molar-refractivity contribution < 1.29 is 23.9 Å². The first kappa shape index (κ1) is 17.7. The van der Waals surface area contributed by atoms with E-state index in [1.807, 2.05) is 0 Å². The summed E-state index contributed by atoms with van der Waals surface area (Å²) in [5.74, 6) is -0.558. The molecular formula is C17H20N2O5. The molecule has 1 saturated heterocycles. The largest absolute Gasteiger partial charge is 0.427 e. The fourth-order valence-corrected chi connectivity index (χ4v) is 2.24. The van der Waals surface area contributed by atoms with E-state index in [0.29, 0.717) is 37.6 Å². The van der Waals surface area contributed by atoms with Gasteiger partial charge in [-0.15, -0.1) is 0 Å². The fourth-order valence-electron chi connectivity index (χ4n) is 2.24. The van der Waals surface area contributed by atoms with E-state index in [0.717, 1.165) is 0 Å². The SMILES string of the molecule is CC(=O)N/C(=C/c1ccc(OC(C)=O)cc1)C(=O)N1CCOCC1. The minimum Gasteiger partial charge on any atom is -0.427 e. The number of morpholine rings is 1. The van der Waals surface area contributed by atoms with Crippen LogP contribution in [-0.4, -0.2) is 49.0 Å². The maximum absolute atomic E-state index is 12.6. The van der Waals surface area contributed by atoms with Gasteiger partial charge in [0.25, 0.3) is 5.91 Å². The van der Waals surface area contributed by atoms with Crippen LogP contribution < -0.4 is 10.1 Å². The zero-order valence-electron chi connectivity index (χ0n) is 13.7. The molecule has 1 aliphatic rings. The molecule has 128 valence electrons. The van der Waals surface area contributed by atoms with Crippen LogP contribution in [0.3, 0.4) is 0 Å². The van der Waals surface area contributed by atoms with Crippen LogP contribution in [-0.2, 0) is 19.1 Å². The van der Waals surface area contributed by atoms with Gasteiger partial charge in [-0.05, 0) is 23.8 Å². The Morgan fingerprint density at radius 1 is 1.12 bits per heavy atom. The topological polar surface area (TPSA) is 84.9 Å². The number of amides is 2. The van der Waals surface area contributed by atoms with Gasteiger partial charge in [0.2, 0.25) is 5.91 Å². The number of nitrogens with one attached hydrogen (secondary N) is 1. The lowest BCUT2D eigenvalue weighted by Gasteiger charge is -2.27. The molecule has 1 aromatic rings. The molecular weight excluding hydrogens is 312 g/mol. The summed E-state index contributed by atoms with van der Waals surface area (Å²) >= 11 is 0. The van der Waals surface area contributed by atoms with Gasteiger partial charge < -0.3 is 19.7 Å². The summed E-state index contributed by atoms with van der Waals surface area (Å²) in [6, 6.07) is 6.65. The molecule has 1 heterocycles. The number of hydrogen-bond donors (Lipinski definition) is 1. The predicted octanol–water partition coefficient (Wildman–Crippen LogP) is 0.948. The molecule has 24 heavy (non-hydrogen) atoms. The van der Waals surface area contributed by atoms with Crippen molar-refractivity contribution in [3.05, 3.63) is 35.5 Å². The van der Waals surface area contributed by atoms with Crippen LogP contribution in [0.5, 0.6) is 5.75 Å². The van der Waals surface area contributed by atoms with E-state index in [9.17, 15) is 14.4 Å². The average Bonchev–Trinajstić information content (AvgIpc) is 2.55. The van der Waals surface area contributed by atoms with Gasteiger partial charge in [-0.25, -0.2) is 0 Å². The average molecular weight is 332 g/mol. The Bertz CT molecular complexity index is 645. The van der Waals surface area contributed by atoms with Crippen LogP contribution >= 0.6 is 0 Å². The third-order valence-electron chi connectivity index (χ3n) is 3.29. The lowest BCUT2D eigenvalue weighted by molar-refractivity contribution is -0.133. The summed E-state index contributed by atoms with van der Waals surface area (Å²) in [5, 5.41) is 2.58. The van der Waals surface area contributed by atoms with Crippen molar-refractivity contribution in [3.8, 4) is 5.75 Å². The number of benzene rings is 1. The Labute approximate surface area is 140 Å². The predicted molar refractivity (Wildman–Crippen MR) is 86.9 cm³/mol. The summed E-state index contributed by atoms with van der Waals surface area (Å²) in [5.41, 5.74) is 0.904. The van der Waals surface area contributed by atoms with E-state index in [1.165, 1.54) is 13.8 Å². The van der Waals surface area contributed by atoms with Gasteiger partial charge >= 0.3 is 5.97 Å². The normalized spacial score (nSPS) is 14.9. The first-order valence-electron chi connectivity index (χ1n) is 7.60. The van der Waals surface area contributed by atoms with Crippen molar-refractivity contribution in [2.24, 2.45) is 0 Å². The quantitative estimate of drug-likeness (QED) is 0.504. The van der Waals surface area contributed by atoms with Gasteiger partial charge in [-0.1, -0.05) is 12.1 Å². The Morgan fingerprint density at radius 2 is 1.75 bits per heavy atom. The molecule has 0 aliphatic carbocycles. The second kappa shape index (κ2) is 8.26. The number of carbonyl (C=O) groups excluding carboxylic acids is 3. The summed E-state index contributed by atoms with van der Waals surface area (Å²) in [6.07, 6.45) is 1.59. The van der Waals surface area contributed by atoms with E-state index >= 15 is 0 Å². The molecule has 2 rings (SSSR count). The Balaban J connectivity index is 2.19. The zero-order valence-corrected chi connectivity index (χ0v) is 13.7. The molecule has 0 unspecified atom stereocenters. The molecule has 0 spiro atoms. The van der Waals surface area contributed by atoms with Gasteiger partial charge in [-0.2, -0.15) is 0 Å². The third-order valence-corrected chi connectivity index (χ3v) is 3.29. The molecule has 0 atom stereocenters. The van der Waals surface area contributed by atoms with Gasteiger partial charge in [0, 0.05) is 26.9 Å². The van der Waals surface area contributed by atoms with Gasteiger partial charge in [0.05, 0.1) is 13.2 Å². The number of esters is 1. The standard InChI is InChI=1S/C17H20N2O5/c1-12(20)18-16(17(22)19-7-9-23-10-8-19)11-14-3-5-15(6-4-14)24-13(2)21/h3-6,11H,7-10H2,1-2H3,(H,18,20)/b16-11+. The van der Waals surface area contributed by atoms with Crippen LogP contribution in [0.4, 0.5) is 0 Å². The molecule has 2 amide bonds. The second-order valence-corrected chi connectivity index (χ2v) is 5.31. The molecule has 0 saturated carbocycles. The van der Waals surface area contributed by atoms with Crippen LogP contribution in [0, 0.1) is 0 Å². The minimum atomic E-state index is -0.403. The molecule has 1 N–H and O–H groups in total. The molecule has 1 aliphatic heterocycles. The van der Waals surface area contributed by atoms with Crippen LogP contribution in [0.1, 0.15) is 19.4 Å². The van der Waals surface area contributed by atoms with Crippen molar-refractivity contribution in [3.63, 3.8) is 0 Å². The van der Waals surface area contributed by atoms with Gasteiger partial charge in [0.15, 0.2) is 0 Å². The van der Waals surface area contributed by atoms with Crippen molar-refractivity contribution in [2.75, 3.05) is 26.3 Å². The number of ether oxygens (including phenoxy) is 2. The number of rotatable bonds is 4. The van der Waals surface area contributed by atoms with Crippen molar-refractivity contribution in [1.29, 1.82) is 0 Å². The highest BCUT2D eigenvalue weighted by Crippen LogP contribution is 2.15. The highest BCUT2D eigenvalue weighted by molar-refractivity contribution is 6.01. The van der Waals surface area contributed by atoms with Gasteiger partial charge in [0.1, 0.15) is 11.4 Å². The van der Waals surface area contributed by atoms with E-state index in [-0.39, 0.29) is 17.5 Å². The Hall–Kier alpha value is -2.67.